The molecule has 6 heteroatoms. The first-order chi connectivity index (χ1) is 13.8. The summed E-state index contributed by atoms with van der Waals surface area (Å²) in [5.41, 5.74) is 7.67. The highest BCUT2D eigenvalue weighted by Crippen LogP contribution is 2.59. The van der Waals surface area contributed by atoms with Crippen LogP contribution in [0.15, 0.2) is 36.4 Å². The van der Waals surface area contributed by atoms with E-state index in [4.69, 9.17) is 10.5 Å². The lowest BCUT2D eigenvalue weighted by molar-refractivity contribution is 0.306. The number of nitrogens with two attached hydrogens (primary N) is 1. The van der Waals surface area contributed by atoms with E-state index < -0.39 is 7.03 Å². The zero-order chi connectivity index (χ0) is 20.9. The van der Waals surface area contributed by atoms with Gasteiger partial charge in [-0.3, -0.25) is 0 Å². The quantitative estimate of drug-likeness (QED) is 0.353. The topological polar surface area (TPSA) is 75.7 Å². The first-order valence-electron chi connectivity index (χ1n) is 10.7. The molecule has 2 aromatic carbocycles. The van der Waals surface area contributed by atoms with Crippen molar-refractivity contribution in [2.24, 2.45) is 5.73 Å². The fraction of sp³-hybridized carbons (Fsp3) is 0.522. The van der Waals surface area contributed by atoms with Crippen LogP contribution in [0.4, 0.5) is 0 Å². The lowest BCUT2D eigenvalue weighted by Gasteiger charge is -2.26. The smallest absolute Gasteiger partial charge is 0.133 e. The summed E-state index contributed by atoms with van der Waals surface area (Å²) < 4.78 is 5.88. The molecule has 2 aromatic rings. The molecule has 0 spiro atoms. The Labute approximate surface area is 176 Å². The third kappa shape index (κ3) is 6.29. The van der Waals surface area contributed by atoms with Gasteiger partial charge in [-0.25, -0.2) is 0 Å². The molecule has 3 unspecified atom stereocenters. The van der Waals surface area contributed by atoms with Gasteiger partial charge in [-0.1, -0.05) is 44.0 Å². The lowest BCUT2D eigenvalue weighted by Crippen LogP contribution is -2.39. The first-order valence-corrected chi connectivity index (χ1v) is 14.5. The van der Waals surface area contributed by atoms with E-state index in [2.05, 4.69) is 43.3 Å². The fourth-order valence-electron chi connectivity index (χ4n) is 4.09. The van der Waals surface area contributed by atoms with Crippen LogP contribution in [0.25, 0.3) is 10.8 Å². The molecule has 1 saturated carbocycles. The van der Waals surface area contributed by atoms with Crippen molar-refractivity contribution in [2.45, 2.75) is 63.8 Å². The number of benzene rings is 2. The van der Waals surface area contributed by atoms with Crippen LogP contribution in [-0.2, 0) is 0 Å². The Morgan fingerprint density at radius 1 is 1.21 bits per heavy atom. The van der Waals surface area contributed by atoms with Crippen molar-refractivity contribution < 1.29 is 14.5 Å². The number of rotatable bonds is 9. The number of hydrogen-bond donors (Lipinski definition) is 3. The third-order valence-electron chi connectivity index (χ3n) is 5.99. The van der Waals surface area contributed by atoms with Gasteiger partial charge in [-0.2, -0.15) is 0 Å². The summed E-state index contributed by atoms with van der Waals surface area (Å²) in [6.45, 7) is 4.70. The number of hydrogen-bond acceptors (Lipinski definition) is 4. The SMILES string of the molecule is CC=P(O)(O)PCC1(N)CCC(c2ccc3cc(OCCCCC)ccc3c2)C1. The Bertz CT molecular complexity index is 880. The molecule has 4 N–H and O–H groups in total. The Balaban J connectivity index is 1.64. The summed E-state index contributed by atoms with van der Waals surface area (Å²) in [7, 11) is -2.73. The van der Waals surface area contributed by atoms with Gasteiger partial charge < -0.3 is 20.3 Å². The monoisotopic (exact) mass is 435 g/mol. The minimum atomic E-state index is -2.85. The van der Waals surface area contributed by atoms with E-state index in [9.17, 15) is 9.79 Å². The summed E-state index contributed by atoms with van der Waals surface area (Å²) in [4.78, 5) is 19.9. The second-order valence-corrected chi connectivity index (χ2v) is 13.8. The van der Waals surface area contributed by atoms with Crippen molar-refractivity contribution in [3.05, 3.63) is 42.0 Å². The van der Waals surface area contributed by atoms with Crippen LogP contribution in [0.5, 0.6) is 5.75 Å². The van der Waals surface area contributed by atoms with Crippen LogP contribution in [-0.4, -0.2) is 33.9 Å². The maximum absolute atomic E-state index is 9.96. The molecule has 1 fully saturated rings. The van der Waals surface area contributed by atoms with Crippen LogP contribution in [0, 0.1) is 0 Å². The van der Waals surface area contributed by atoms with Crippen molar-refractivity contribution in [3.63, 3.8) is 0 Å². The Morgan fingerprint density at radius 2 is 1.97 bits per heavy atom. The molecular formula is C23H35NO3P2. The van der Waals surface area contributed by atoms with Gasteiger partial charge in [0.2, 0.25) is 0 Å². The van der Waals surface area contributed by atoms with Crippen molar-refractivity contribution in [1.29, 1.82) is 0 Å². The molecule has 0 saturated heterocycles. The lowest BCUT2D eigenvalue weighted by atomic mass is 9.92. The minimum absolute atomic E-state index is 0.121. The molecule has 3 rings (SSSR count). The predicted molar refractivity (Wildman–Crippen MR) is 129 cm³/mol. The summed E-state index contributed by atoms with van der Waals surface area (Å²) in [6.07, 6.45) is 7.12. The Kier molecular flexibility index (Phi) is 7.81. The Morgan fingerprint density at radius 3 is 2.72 bits per heavy atom. The molecule has 29 heavy (non-hydrogen) atoms. The second kappa shape index (κ2) is 9.94. The standard InChI is InChI=1S/C23H35NO3P2/c1-3-5-6-13-27-22-10-9-18-14-19(7-8-20(18)15-22)21-11-12-23(24,16-21)17-28-29(25,26)4-2/h4,7-10,14-15,21,25-26,28H,3,5-6,11-13,16-17,24H2,1-2H3. The predicted octanol–water partition coefficient (Wildman–Crippen LogP) is 5.62. The molecular weight excluding hydrogens is 400 g/mol. The van der Waals surface area contributed by atoms with Gasteiger partial charge in [0.25, 0.3) is 0 Å². The van der Waals surface area contributed by atoms with E-state index in [1.165, 1.54) is 29.2 Å². The molecule has 0 bridgehead atoms. The van der Waals surface area contributed by atoms with E-state index in [-0.39, 0.29) is 13.8 Å². The zero-order valence-electron chi connectivity index (χ0n) is 17.6. The highest BCUT2D eigenvalue weighted by atomic mass is 32.1. The fourth-order valence-corrected chi connectivity index (χ4v) is 7.34. The van der Waals surface area contributed by atoms with E-state index >= 15 is 0 Å². The van der Waals surface area contributed by atoms with Crippen LogP contribution >= 0.6 is 15.3 Å². The van der Waals surface area contributed by atoms with Gasteiger partial charge >= 0.3 is 0 Å². The highest BCUT2D eigenvalue weighted by Gasteiger charge is 2.37. The molecule has 0 amide bonds. The van der Waals surface area contributed by atoms with Gasteiger partial charge in [0.15, 0.2) is 0 Å². The summed E-state index contributed by atoms with van der Waals surface area (Å²) in [5.74, 6) is 2.93. The van der Waals surface area contributed by atoms with E-state index in [0.717, 1.165) is 38.0 Å². The number of unbranched alkanes of at least 4 members (excludes halogenated alkanes) is 2. The molecule has 0 heterocycles. The molecule has 1 aliphatic carbocycles. The van der Waals surface area contributed by atoms with Gasteiger partial charge in [-0.15, -0.1) is 0 Å². The Hall–Kier alpha value is -0.890. The number of fused-ring (bicyclic) bond motifs is 1. The van der Waals surface area contributed by atoms with Crippen molar-refractivity contribution in [1.82, 2.24) is 0 Å². The average Bonchev–Trinajstić information content (AvgIpc) is 3.12. The van der Waals surface area contributed by atoms with Gasteiger partial charge in [0, 0.05) is 5.54 Å². The molecule has 160 valence electrons. The van der Waals surface area contributed by atoms with Crippen LogP contribution in [0.3, 0.4) is 0 Å². The molecule has 3 atom stereocenters. The van der Waals surface area contributed by atoms with E-state index in [1.54, 1.807) is 12.7 Å². The van der Waals surface area contributed by atoms with Crippen LogP contribution in [0.2, 0.25) is 0 Å². The average molecular weight is 435 g/mol. The second-order valence-electron chi connectivity index (χ2n) is 8.37. The molecule has 0 radical (unpaired) electrons. The largest absolute Gasteiger partial charge is 0.494 e. The van der Waals surface area contributed by atoms with Crippen LogP contribution in [0.1, 0.15) is 63.9 Å². The number of ether oxygens (including phenoxy) is 1. The van der Waals surface area contributed by atoms with E-state index in [0.29, 0.717) is 12.1 Å². The van der Waals surface area contributed by atoms with Crippen LogP contribution < -0.4 is 10.5 Å². The third-order valence-corrected chi connectivity index (χ3v) is 10.7. The molecule has 1 aliphatic rings. The van der Waals surface area contributed by atoms with Crippen molar-refractivity contribution in [2.75, 3.05) is 12.8 Å². The normalized spacial score (nSPS) is 22.6. The maximum atomic E-state index is 9.96. The van der Waals surface area contributed by atoms with Crippen molar-refractivity contribution in [3.8, 4) is 5.75 Å². The summed E-state index contributed by atoms with van der Waals surface area (Å²) in [5, 5.41) is 2.44. The van der Waals surface area contributed by atoms with Gasteiger partial charge in [0.1, 0.15) is 12.8 Å². The minimum Gasteiger partial charge on any atom is -0.494 e. The van der Waals surface area contributed by atoms with E-state index in [1.807, 2.05) is 0 Å². The molecule has 0 aromatic heterocycles. The zero-order valence-corrected chi connectivity index (χ0v) is 19.5. The summed E-state index contributed by atoms with van der Waals surface area (Å²) in [6, 6.07) is 13.0. The molecule has 4 nitrogen and oxygen atoms in total. The maximum Gasteiger partial charge on any atom is 0.133 e. The highest BCUT2D eigenvalue weighted by molar-refractivity contribution is 8.24. The molecule has 0 aliphatic heterocycles. The van der Waals surface area contributed by atoms with Gasteiger partial charge in [-0.05, 0) is 87.2 Å². The van der Waals surface area contributed by atoms with Crippen molar-refractivity contribution >= 4 is 31.9 Å². The van der Waals surface area contributed by atoms with Gasteiger partial charge in [0.05, 0.1) is 6.61 Å². The summed E-state index contributed by atoms with van der Waals surface area (Å²) >= 11 is 0. The first kappa shape index (κ1) is 22.8.